The molecule has 24 heavy (non-hydrogen) atoms. The van der Waals surface area contributed by atoms with Gasteiger partial charge in [-0.2, -0.15) is 0 Å². The molecule has 3 rings (SSSR count). The van der Waals surface area contributed by atoms with E-state index in [2.05, 4.69) is 6.58 Å². The molecule has 2 bridgehead atoms. The minimum Gasteiger partial charge on any atom is -0.504 e. The second kappa shape index (κ2) is 5.36. The molecule has 0 fully saturated rings. The van der Waals surface area contributed by atoms with Gasteiger partial charge in [0.2, 0.25) is 0 Å². The average Bonchev–Trinajstić information content (AvgIpc) is 2.57. The number of ether oxygens (including phenoxy) is 3. The summed E-state index contributed by atoms with van der Waals surface area (Å²) in [5.41, 5.74) is -1.93. The van der Waals surface area contributed by atoms with E-state index in [1.54, 1.807) is 6.08 Å². The highest BCUT2D eigenvalue weighted by atomic mass is 16.5. The van der Waals surface area contributed by atoms with Crippen molar-refractivity contribution < 1.29 is 29.2 Å². The van der Waals surface area contributed by atoms with Crippen LogP contribution >= 0.6 is 0 Å². The van der Waals surface area contributed by atoms with Gasteiger partial charge in [0.1, 0.15) is 11.4 Å². The van der Waals surface area contributed by atoms with Crippen molar-refractivity contribution in [3.8, 4) is 11.5 Å². The largest absolute Gasteiger partial charge is 0.504 e. The Morgan fingerprint density at radius 3 is 2.54 bits per heavy atom. The van der Waals surface area contributed by atoms with Crippen molar-refractivity contribution >= 4 is 5.78 Å². The number of rotatable bonds is 4. The maximum atomic E-state index is 12.6. The van der Waals surface area contributed by atoms with Crippen LogP contribution in [0.25, 0.3) is 0 Å². The summed E-state index contributed by atoms with van der Waals surface area (Å²) in [6.07, 6.45) is 2.93. The molecule has 6 nitrogen and oxygen atoms in total. The highest BCUT2D eigenvalue weighted by Crippen LogP contribution is 2.57. The molecule has 0 saturated heterocycles. The van der Waals surface area contributed by atoms with E-state index in [1.165, 1.54) is 39.5 Å². The van der Waals surface area contributed by atoms with Gasteiger partial charge in [0.25, 0.3) is 0 Å². The highest BCUT2D eigenvalue weighted by molar-refractivity contribution is 6.00. The van der Waals surface area contributed by atoms with Gasteiger partial charge in [-0.3, -0.25) is 4.79 Å². The molecule has 0 amide bonds. The summed E-state index contributed by atoms with van der Waals surface area (Å²) in [7, 11) is 4.35. The van der Waals surface area contributed by atoms with Crippen LogP contribution in [0, 0.1) is 0 Å². The topological polar surface area (TPSA) is 85.2 Å². The first-order chi connectivity index (χ1) is 11.4. The van der Waals surface area contributed by atoms with E-state index in [4.69, 9.17) is 14.2 Å². The predicted molar refractivity (Wildman–Crippen MR) is 85.9 cm³/mol. The van der Waals surface area contributed by atoms with Gasteiger partial charge in [-0.15, -0.1) is 6.58 Å². The van der Waals surface area contributed by atoms with Crippen LogP contribution in [0.5, 0.6) is 11.5 Å². The lowest BCUT2D eigenvalue weighted by Gasteiger charge is -2.51. The number of methoxy groups -OCH3 is 3. The zero-order chi connectivity index (χ0) is 17.7. The molecule has 2 N–H and O–H groups in total. The SMILES string of the molecule is C=C[C@H]1c2cc(O)c(OC)cc2[C@@]2(O)C[C@]1(OC)C(OC)=CC2=O. The molecule has 3 atom stereocenters. The van der Waals surface area contributed by atoms with Gasteiger partial charge in [0, 0.05) is 25.5 Å². The Labute approximate surface area is 140 Å². The van der Waals surface area contributed by atoms with E-state index >= 15 is 0 Å². The summed E-state index contributed by atoms with van der Waals surface area (Å²) in [6, 6.07) is 2.97. The number of aromatic hydroxyl groups is 1. The number of ketones is 1. The maximum absolute atomic E-state index is 12.6. The number of benzene rings is 1. The molecular weight excluding hydrogens is 312 g/mol. The van der Waals surface area contributed by atoms with Gasteiger partial charge in [0.05, 0.1) is 14.2 Å². The summed E-state index contributed by atoms with van der Waals surface area (Å²) < 4.78 is 16.2. The second-order valence-electron chi connectivity index (χ2n) is 6.03. The van der Waals surface area contributed by atoms with Crippen LogP contribution < -0.4 is 4.74 Å². The predicted octanol–water partition coefficient (Wildman–Crippen LogP) is 1.76. The van der Waals surface area contributed by atoms with Crippen LogP contribution in [0.2, 0.25) is 0 Å². The lowest BCUT2D eigenvalue weighted by molar-refractivity contribution is -0.154. The van der Waals surface area contributed by atoms with Crippen LogP contribution in [0.15, 0.2) is 36.6 Å². The summed E-state index contributed by atoms with van der Waals surface area (Å²) in [5, 5.41) is 21.3. The third-order valence-corrected chi connectivity index (χ3v) is 5.06. The monoisotopic (exact) mass is 332 g/mol. The molecule has 0 heterocycles. The molecule has 0 aliphatic heterocycles. The van der Waals surface area contributed by atoms with E-state index in [1.807, 2.05) is 0 Å². The molecule has 2 aliphatic carbocycles. The van der Waals surface area contributed by atoms with Gasteiger partial charge < -0.3 is 24.4 Å². The smallest absolute Gasteiger partial charge is 0.195 e. The number of phenols is 1. The zero-order valence-electron chi connectivity index (χ0n) is 13.8. The van der Waals surface area contributed by atoms with Crippen molar-refractivity contribution in [1.29, 1.82) is 0 Å². The summed E-state index contributed by atoms with van der Waals surface area (Å²) >= 11 is 0. The fourth-order valence-corrected chi connectivity index (χ4v) is 3.87. The van der Waals surface area contributed by atoms with E-state index in [-0.39, 0.29) is 17.9 Å². The Morgan fingerprint density at radius 2 is 2.00 bits per heavy atom. The van der Waals surface area contributed by atoms with Crippen molar-refractivity contribution in [3.05, 3.63) is 47.7 Å². The molecule has 0 saturated carbocycles. The van der Waals surface area contributed by atoms with Crippen LogP contribution in [0.4, 0.5) is 0 Å². The number of phenolic OH excluding ortho intramolecular Hbond substituents is 1. The Kier molecular flexibility index (Phi) is 3.69. The Morgan fingerprint density at radius 1 is 1.29 bits per heavy atom. The number of carbonyl (C=O) groups is 1. The first kappa shape index (κ1) is 16.5. The minimum atomic E-state index is -1.78. The quantitative estimate of drug-likeness (QED) is 0.817. The van der Waals surface area contributed by atoms with Crippen molar-refractivity contribution in [3.63, 3.8) is 0 Å². The summed E-state index contributed by atoms with van der Waals surface area (Å²) in [5.74, 6) is -0.500. The van der Waals surface area contributed by atoms with Crippen molar-refractivity contribution in [2.24, 2.45) is 0 Å². The standard InChI is InChI=1S/C18H20O6/c1-5-11-10-6-13(19)14(22-2)7-12(10)17(21)9-18(11,24-4)16(23-3)8-15(17)20/h5-8,11,19,21H,1,9H2,2-4H3/t11-,17-,18+/m0/s1. The van der Waals surface area contributed by atoms with E-state index in [9.17, 15) is 15.0 Å². The van der Waals surface area contributed by atoms with Gasteiger partial charge in [-0.25, -0.2) is 0 Å². The molecular formula is C18H20O6. The number of carbonyl (C=O) groups excluding carboxylic acids is 1. The van der Waals surface area contributed by atoms with Gasteiger partial charge in [-0.1, -0.05) is 6.08 Å². The number of aliphatic hydroxyl groups is 1. The van der Waals surface area contributed by atoms with Gasteiger partial charge in [0.15, 0.2) is 22.9 Å². The number of hydrogen-bond donors (Lipinski definition) is 2. The minimum absolute atomic E-state index is 0.00732. The van der Waals surface area contributed by atoms with Crippen LogP contribution in [0.1, 0.15) is 23.5 Å². The lowest BCUT2D eigenvalue weighted by atomic mass is 9.60. The third-order valence-electron chi connectivity index (χ3n) is 5.06. The summed E-state index contributed by atoms with van der Waals surface area (Å²) in [6.45, 7) is 3.86. The van der Waals surface area contributed by atoms with Crippen LogP contribution in [0.3, 0.4) is 0 Å². The Hall–Kier alpha value is -2.31. The lowest BCUT2D eigenvalue weighted by Crippen LogP contribution is -2.57. The average molecular weight is 332 g/mol. The summed E-state index contributed by atoms with van der Waals surface area (Å²) in [4.78, 5) is 12.6. The molecule has 1 aromatic carbocycles. The van der Waals surface area contributed by atoms with Crippen molar-refractivity contribution in [1.82, 2.24) is 0 Å². The first-order valence-corrected chi connectivity index (χ1v) is 7.50. The van der Waals surface area contributed by atoms with Crippen molar-refractivity contribution in [2.75, 3.05) is 21.3 Å². The first-order valence-electron chi connectivity index (χ1n) is 7.50. The third kappa shape index (κ3) is 1.87. The fourth-order valence-electron chi connectivity index (χ4n) is 3.87. The molecule has 0 spiro atoms. The highest BCUT2D eigenvalue weighted by Gasteiger charge is 2.60. The number of hydrogen-bond acceptors (Lipinski definition) is 6. The van der Waals surface area contributed by atoms with Crippen LogP contribution in [-0.4, -0.2) is 42.9 Å². The maximum Gasteiger partial charge on any atom is 0.195 e. The zero-order valence-corrected chi connectivity index (χ0v) is 13.8. The molecule has 0 aromatic heterocycles. The molecule has 6 heteroatoms. The second-order valence-corrected chi connectivity index (χ2v) is 6.03. The molecule has 0 radical (unpaired) electrons. The molecule has 1 aromatic rings. The van der Waals surface area contributed by atoms with E-state index in [0.29, 0.717) is 16.9 Å². The fraction of sp³-hybridized carbons (Fsp3) is 0.389. The number of fused-ring (bicyclic) bond motifs is 4. The van der Waals surface area contributed by atoms with E-state index < -0.39 is 22.9 Å². The Balaban J connectivity index is 2.37. The van der Waals surface area contributed by atoms with E-state index in [0.717, 1.165) is 0 Å². The van der Waals surface area contributed by atoms with Gasteiger partial charge in [-0.05, 0) is 23.3 Å². The normalized spacial score (nSPS) is 31.1. The molecule has 2 aliphatic rings. The molecule has 0 unspecified atom stereocenters. The van der Waals surface area contributed by atoms with Crippen LogP contribution in [-0.2, 0) is 19.9 Å². The van der Waals surface area contributed by atoms with Crippen molar-refractivity contribution in [2.45, 2.75) is 23.5 Å². The van der Waals surface area contributed by atoms with Gasteiger partial charge >= 0.3 is 0 Å². The molecule has 128 valence electrons. The Bertz CT molecular complexity index is 752.